The summed E-state index contributed by atoms with van der Waals surface area (Å²) in [6, 6.07) is 5.33. The number of rotatable bonds is 3. The van der Waals surface area contributed by atoms with Crippen LogP contribution in [0.25, 0.3) is 0 Å². The van der Waals surface area contributed by atoms with Gasteiger partial charge < -0.3 is 9.64 Å². The van der Waals surface area contributed by atoms with Crippen LogP contribution in [0, 0.1) is 0 Å². The van der Waals surface area contributed by atoms with Gasteiger partial charge in [0.25, 0.3) is 0 Å². The van der Waals surface area contributed by atoms with Crippen molar-refractivity contribution in [1.82, 2.24) is 4.90 Å². The lowest BCUT2D eigenvalue weighted by molar-refractivity contribution is -0.139. The third-order valence-electron chi connectivity index (χ3n) is 4.68. The Morgan fingerprint density at radius 3 is 2.70 bits per heavy atom. The fraction of sp³-hybridized carbons (Fsp3) is 0.588. The summed E-state index contributed by atoms with van der Waals surface area (Å²) in [5, 5.41) is 0. The van der Waals surface area contributed by atoms with Gasteiger partial charge in [0.1, 0.15) is 0 Å². The van der Waals surface area contributed by atoms with Gasteiger partial charge in [-0.3, -0.25) is 4.79 Å². The van der Waals surface area contributed by atoms with Crippen LogP contribution in [0.1, 0.15) is 36.8 Å². The highest BCUT2D eigenvalue weighted by atomic mass is 19.4. The van der Waals surface area contributed by atoms with Crippen LogP contribution in [0.2, 0.25) is 0 Å². The summed E-state index contributed by atoms with van der Waals surface area (Å²) in [5.74, 6) is -0.236. The van der Waals surface area contributed by atoms with Gasteiger partial charge in [0, 0.05) is 13.2 Å². The van der Waals surface area contributed by atoms with E-state index in [0.717, 1.165) is 31.7 Å². The Morgan fingerprint density at radius 1 is 1.22 bits per heavy atom. The van der Waals surface area contributed by atoms with Crippen molar-refractivity contribution in [3.8, 4) is 0 Å². The van der Waals surface area contributed by atoms with Gasteiger partial charge >= 0.3 is 6.18 Å². The summed E-state index contributed by atoms with van der Waals surface area (Å²) < 4.78 is 44.8. The third kappa shape index (κ3) is 3.52. The zero-order chi connectivity index (χ0) is 16.4. The van der Waals surface area contributed by atoms with Gasteiger partial charge in [-0.25, -0.2) is 0 Å². The highest BCUT2D eigenvalue weighted by molar-refractivity contribution is 5.80. The quantitative estimate of drug-likeness (QED) is 0.851. The molecule has 2 aliphatic rings. The number of halogens is 3. The summed E-state index contributed by atoms with van der Waals surface area (Å²) >= 11 is 0. The number of nitrogens with zero attached hydrogens (tertiary/aromatic N) is 1. The molecule has 126 valence electrons. The zero-order valence-corrected chi connectivity index (χ0v) is 12.8. The SMILES string of the molecule is O=C(Cc1ccccc1C(F)(F)F)N1CCCC1C1CCCO1. The molecule has 6 heteroatoms. The number of benzene rings is 1. The van der Waals surface area contributed by atoms with Crippen molar-refractivity contribution in [2.45, 2.75) is 50.4 Å². The molecule has 0 spiro atoms. The Hall–Kier alpha value is -1.56. The summed E-state index contributed by atoms with van der Waals surface area (Å²) in [4.78, 5) is 14.3. The molecule has 1 amide bonds. The predicted octanol–water partition coefficient (Wildman–Crippen LogP) is 3.42. The van der Waals surface area contributed by atoms with E-state index in [9.17, 15) is 18.0 Å². The van der Waals surface area contributed by atoms with Crippen LogP contribution < -0.4 is 0 Å². The van der Waals surface area contributed by atoms with Gasteiger partial charge in [-0.1, -0.05) is 18.2 Å². The first-order chi connectivity index (χ1) is 11.0. The molecule has 3 nitrogen and oxygen atoms in total. The summed E-state index contributed by atoms with van der Waals surface area (Å²) in [7, 11) is 0. The predicted molar refractivity (Wildman–Crippen MR) is 78.9 cm³/mol. The maximum absolute atomic E-state index is 13.1. The first-order valence-corrected chi connectivity index (χ1v) is 8.03. The second-order valence-electron chi connectivity index (χ2n) is 6.18. The summed E-state index contributed by atoms with van der Waals surface area (Å²) in [6.45, 7) is 1.32. The second-order valence-corrected chi connectivity index (χ2v) is 6.18. The largest absolute Gasteiger partial charge is 0.416 e. The fourth-order valence-electron chi connectivity index (χ4n) is 3.61. The van der Waals surface area contributed by atoms with Crippen molar-refractivity contribution in [3.63, 3.8) is 0 Å². The molecule has 0 N–H and O–H groups in total. The van der Waals surface area contributed by atoms with Crippen molar-refractivity contribution in [1.29, 1.82) is 0 Å². The van der Waals surface area contributed by atoms with Crippen LogP contribution in [0.4, 0.5) is 13.2 Å². The van der Waals surface area contributed by atoms with Gasteiger partial charge in [-0.05, 0) is 37.3 Å². The highest BCUT2D eigenvalue weighted by Gasteiger charge is 2.38. The van der Waals surface area contributed by atoms with Crippen molar-refractivity contribution >= 4 is 5.91 Å². The van der Waals surface area contributed by atoms with Crippen LogP contribution in [0.3, 0.4) is 0 Å². The molecule has 1 aromatic rings. The average Bonchev–Trinajstić information content (AvgIpc) is 3.17. The Bertz CT molecular complexity index is 567. The van der Waals surface area contributed by atoms with Crippen LogP contribution in [0.5, 0.6) is 0 Å². The maximum Gasteiger partial charge on any atom is 0.416 e. The number of likely N-dealkylation sites (tertiary alicyclic amines) is 1. The Balaban J connectivity index is 1.74. The van der Waals surface area contributed by atoms with E-state index in [-0.39, 0.29) is 30.0 Å². The van der Waals surface area contributed by atoms with Gasteiger partial charge in [-0.15, -0.1) is 0 Å². The lowest BCUT2D eigenvalue weighted by atomic mass is 10.0. The number of carbonyl (C=O) groups excluding carboxylic acids is 1. The number of alkyl halides is 3. The first kappa shape index (κ1) is 16.3. The minimum atomic E-state index is -4.43. The van der Waals surface area contributed by atoms with E-state index in [0.29, 0.717) is 13.2 Å². The van der Waals surface area contributed by atoms with Crippen LogP contribution in [0.15, 0.2) is 24.3 Å². The molecular weight excluding hydrogens is 307 g/mol. The Morgan fingerprint density at radius 2 is 2.00 bits per heavy atom. The molecule has 0 saturated carbocycles. The lowest BCUT2D eigenvalue weighted by Gasteiger charge is -2.29. The molecule has 2 aliphatic heterocycles. The van der Waals surface area contributed by atoms with E-state index in [1.807, 2.05) is 0 Å². The van der Waals surface area contributed by atoms with Crippen molar-refractivity contribution in [2.75, 3.05) is 13.2 Å². The van der Waals surface area contributed by atoms with Gasteiger partial charge in [0.2, 0.25) is 5.91 Å². The van der Waals surface area contributed by atoms with Crippen LogP contribution in [-0.2, 0) is 22.1 Å². The van der Waals surface area contributed by atoms with E-state index in [1.165, 1.54) is 12.1 Å². The molecule has 0 radical (unpaired) electrons. The monoisotopic (exact) mass is 327 g/mol. The van der Waals surface area contributed by atoms with Gasteiger partial charge in [0.05, 0.1) is 24.1 Å². The molecular formula is C17H20F3NO2. The third-order valence-corrected chi connectivity index (χ3v) is 4.68. The summed E-state index contributed by atoms with van der Waals surface area (Å²) in [5.41, 5.74) is -0.677. The molecule has 2 heterocycles. The van der Waals surface area contributed by atoms with Crippen molar-refractivity contribution in [2.24, 2.45) is 0 Å². The number of hydrogen-bond donors (Lipinski definition) is 0. The molecule has 0 aliphatic carbocycles. The molecule has 0 bridgehead atoms. The molecule has 2 atom stereocenters. The molecule has 2 saturated heterocycles. The molecule has 2 unspecified atom stereocenters. The summed E-state index contributed by atoms with van der Waals surface area (Å²) in [6.07, 6.45) is -0.934. The van der Waals surface area contributed by atoms with E-state index < -0.39 is 11.7 Å². The molecule has 1 aromatic carbocycles. The fourth-order valence-corrected chi connectivity index (χ4v) is 3.61. The van der Waals surface area contributed by atoms with Crippen molar-refractivity contribution < 1.29 is 22.7 Å². The number of carbonyl (C=O) groups is 1. The molecule has 23 heavy (non-hydrogen) atoms. The minimum absolute atomic E-state index is 0.0167. The maximum atomic E-state index is 13.1. The average molecular weight is 327 g/mol. The number of amides is 1. The Kier molecular flexibility index (Phi) is 4.62. The van der Waals surface area contributed by atoms with E-state index >= 15 is 0 Å². The zero-order valence-electron chi connectivity index (χ0n) is 12.8. The standard InChI is InChI=1S/C17H20F3NO2/c18-17(19,20)13-6-2-1-5-12(13)11-16(22)21-9-3-7-14(21)15-8-4-10-23-15/h1-2,5-6,14-15H,3-4,7-11H2. The number of hydrogen-bond acceptors (Lipinski definition) is 2. The van der Waals surface area contributed by atoms with Gasteiger partial charge in [0.15, 0.2) is 0 Å². The molecule has 0 aromatic heterocycles. The topological polar surface area (TPSA) is 29.5 Å². The highest BCUT2D eigenvalue weighted by Crippen LogP contribution is 2.33. The Labute approximate surface area is 133 Å². The van der Waals surface area contributed by atoms with E-state index in [4.69, 9.17) is 4.74 Å². The van der Waals surface area contributed by atoms with Crippen molar-refractivity contribution in [3.05, 3.63) is 35.4 Å². The molecule has 2 fully saturated rings. The minimum Gasteiger partial charge on any atom is -0.376 e. The van der Waals surface area contributed by atoms with Crippen LogP contribution in [-0.4, -0.2) is 36.1 Å². The lowest BCUT2D eigenvalue weighted by Crippen LogP contribution is -2.43. The van der Waals surface area contributed by atoms with E-state index in [1.54, 1.807) is 11.0 Å². The normalized spacial score (nSPS) is 25.1. The first-order valence-electron chi connectivity index (χ1n) is 8.03. The smallest absolute Gasteiger partial charge is 0.376 e. The number of ether oxygens (including phenoxy) is 1. The van der Waals surface area contributed by atoms with Gasteiger partial charge in [-0.2, -0.15) is 13.2 Å². The molecule has 3 rings (SSSR count). The van der Waals surface area contributed by atoms with E-state index in [2.05, 4.69) is 0 Å². The second kappa shape index (κ2) is 6.51. The van der Waals surface area contributed by atoms with Crippen LogP contribution >= 0.6 is 0 Å².